The zero-order valence-electron chi connectivity index (χ0n) is 8.93. The van der Waals surface area contributed by atoms with Gasteiger partial charge in [-0.25, -0.2) is 4.98 Å². The summed E-state index contributed by atoms with van der Waals surface area (Å²) in [5.74, 6) is 0.686. The monoisotopic (exact) mass is 222 g/mol. The van der Waals surface area contributed by atoms with Crippen molar-refractivity contribution in [3.63, 3.8) is 0 Å². The van der Waals surface area contributed by atoms with E-state index in [1.807, 2.05) is 24.0 Å². The van der Waals surface area contributed by atoms with Crippen LogP contribution >= 0.6 is 11.8 Å². The number of nitrogens with zero attached hydrogens (tertiary/aromatic N) is 1. The van der Waals surface area contributed by atoms with Crippen LogP contribution in [-0.4, -0.2) is 16.8 Å². The summed E-state index contributed by atoms with van der Waals surface area (Å²) < 4.78 is 0. The Kier molecular flexibility index (Phi) is 4.03. The molecule has 1 aliphatic rings. The lowest BCUT2D eigenvalue weighted by atomic mass is 9.89. The number of nitrogens with two attached hydrogens (primary N) is 1. The largest absolute Gasteiger partial charge is 0.330 e. The highest BCUT2D eigenvalue weighted by Gasteiger charge is 2.24. The van der Waals surface area contributed by atoms with Crippen molar-refractivity contribution in [3.05, 3.63) is 24.4 Å². The molecule has 3 heteroatoms. The second-order valence-corrected chi connectivity index (χ2v) is 5.36. The molecule has 0 bridgehead atoms. The van der Waals surface area contributed by atoms with E-state index in [1.165, 1.54) is 25.7 Å². The molecule has 0 aliphatic heterocycles. The van der Waals surface area contributed by atoms with Crippen LogP contribution < -0.4 is 5.73 Å². The molecule has 2 atom stereocenters. The number of rotatable bonds is 3. The number of hydrogen-bond donors (Lipinski definition) is 1. The van der Waals surface area contributed by atoms with Gasteiger partial charge in [-0.2, -0.15) is 0 Å². The summed E-state index contributed by atoms with van der Waals surface area (Å²) in [5, 5.41) is 1.82. The molecule has 2 nitrogen and oxygen atoms in total. The highest BCUT2D eigenvalue weighted by molar-refractivity contribution is 7.99. The third-order valence-corrected chi connectivity index (χ3v) is 4.46. The summed E-state index contributed by atoms with van der Waals surface area (Å²) in [6.07, 6.45) is 7.15. The van der Waals surface area contributed by atoms with E-state index in [9.17, 15) is 0 Å². The molecular weight excluding hydrogens is 204 g/mol. The average molecular weight is 222 g/mol. The molecular formula is C12H18N2S. The Hall–Kier alpha value is -0.540. The maximum Gasteiger partial charge on any atom is 0.0962 e. The number of aromatic nitrogens is 1. The fraction of sp³-hybridized carbons (Fsp3) is 0.583. The Morgan fingerprint density at radius 3 is 2.93 bits per heavy atom. The van der Waals surface area contributed by atoms with Crippen molar-refractivity contribution in [3.8, 4) is 0 Å². The molecule has 0 aromatic carbocycles. The van der Waals surface area contributed by atoms with Gasteiger partial charge in [0, 0.05) is 11.4 Å². The highest BCUT2D eigenvalue weighted by atomic mass is 32.2. The van der Waals surface area contributed by atoms with Crippen molar-refractivity contribution >= 4 is 11.8 Å². The van der Waals surface area contributed by atoms with Gasteiger partial charge in [-0.05, 0) is 37.4 Å². The quantitative estimate of drug-likeness (QED) is 0.854. The maximum atomic E-state index is 5.81. The molecule has 0 saturated heterocycles. The van der Waals surface area contributed by atoms with E-state index in [1.54, 1.807) is 0 Å². The van der Waals surface area contributed by atoms with Crippen LogP contribution in [0.5, 0.6) is 0 Å². The van der Waals surface area contributed by atoms with E-state index in [4.69, 9.17) is 5.73 Å². The molecule has 0 radical (unpaired) electrons. The molecule has 2 N–H and O–H groups in total. The second-order valence-electron chi connectivity index (χ2n) is 4.10. The third-order valence-electron chi connectivity index (χ3n) is 3.05. The van der Waals surface area contributed by atoms with Gasteiger partial charge in [-0.15, -0.1) is 11.8 Å². The fourth-order valence-corrected chi connectivity index (χ4v) is 3.48. The Balaban J connectivity index is 1.97. The van der Waals surface area contributed by atoms with Gasteiger partial charge in [-0.1, -0.05) is 18.9 Å². The van der Waals surface area contributed by atoms with Crippen molar-refractivity contribution in [2.75, 3.05) is 6.54 Å². The van der Waals surface area contributed by atoms with Gasteiger partial charge in [0.2, 0.25) is 0 Å². The Morgan fingerprint density at radius 1 is 1.33 bits per heavy atom. The summed E-state index contributed by atoms with van der Waals surface area (Å²) in [6.45, 7) is 0.824. The van der Waals surface area contributed by atoms with Crippen molar-refractivity contribution in [1.29, 1.82) is 0 Å². The van der Waals surface area contributed by atoms with Crippen molar-refractivity contribution in [2.24, 2.45) is 11.7 Å². The Bertz CT molecular complexity index is 289. The lowest BCUT2D eigenvalue weighted by Crippen LogP contribution is -2.28. The van der Waals surface area contributed by atoms with E-state index < -0.39 is 0 Å². The minimum absolute atomic E-state index is 0.679. The first-order valence-corrected chi connectivity index (χ1v) is 6.56. The van der Waals surface area contributed by atoms with Crippen LogP contribution in [0, 0.1) is 5.92 Å². The predicted molar refractivity (Wildman–Crippen MR) is 64.9 cm³/mol. The Morgan fingerprint density at radius 2 is 2.20 bits per heavy atom. The molecule has 1 aliphatic carbocycles. The van der Waals surface area contributed by atoms with Gasteiger partial charge in [0.15, 0.2) is 0 Å². The van der Waals surface area contributed by atoms with Crippen LogP contribution in [0.2, 0.25) is 0 Å². The number of thioether (sulfide) groups is 1. The molecule has 1 heterocycles. The highest BCUT2D eigenvalue weighted by Crippen LogP contribution is 2.36. The third kappa shape index (κ3) is 2.95. The van der Waals surface area contributed by atoms with E-state index in [2.05, 4.69) is 17.1 Å². The van der Waals surface area contributed by atoms with Crippen LogP contribution in [0.15, 0.2) is 29.4 Å². The van der Waals surface area contributed by atoms with Crippen LogP contribution in [0.4, 0.5) is 0 Å². The lowest BCUT2D eigenvalue weighted by Gasteiger charge is -2.29. The predicted octanol–water partition coefficient (Wildman–Crippen LogP) is 2.69. The molecule has 0 spiro atoms. The molecule has 1 fully saturated rings. The molecule has 1 aromatic rings. The number of hydrogen-bond acceptors (Lipinski definition) is 3. The minimum Gasteiger partial charge on any atom is -0.330 e. The molecule has 1 aromatic heterocycles. The number of pyridine rings is 1. The van der Waals surface area contributed by atoms with Crippen molar-refractivity contribution < 1.29 is 0 Å². The molecule has 1 saturated carbocycles. The first-order valence-electron chi connectivity index (χ1n) is 5.68. The SMILES string of the molecule is NCC1CCCCC1Sc1ccccn1. The van der Waals surface area contributed by atoms with Gasteiger partial charge in [0.1, 0.15) is 0 Å². The van der Waals surface area contributed by atoms with E-state index in [-0.39, 0.29) is 0 Å². The van der Waals surface area contributed by atoms with Crippen molar-refractivity contribution in [2.45, 2.75) is 36.0 Å². The first-order chi connectivity index (χ1) is 7.40. The van der Waals surface area contributed by atoms with E-state index >= 15 is 0 Å². The lowest BCUT2D eigenvalue weighted by molar-refractivity contribution is 0.378. The van der Waals surface area contributed by atoms with Gasteiger partial charge in [0.25, 0.3) is 0 Å². The standard InChI is InChI=1S/C12H18N2S/c13-9-10-5-1-2-6-11(10)15-12-7-3-4-8-14-12/h3-4,7-8,10-11H,1-2,5-6,9,13H2. The Labute approximate surface area is 95.7 Å². The van der Waals surface area contributed by atoms with E-state index in [0.29, 0.717) is 11.2 Å². The van der Waals surface area contributed by atoms with Crippen molar-refractivity contribution in [1.82, 2.24) is 4.98 Å². The van der Waals surface area contributed by atoms with Gasteiger partial charge >= 0.3 is 0 Å². The molecule has 82 valence electrons. The second kappa shape index (κ2) is 5.52. The smallest absolute Gasteiger partial charge is 0.0962 e. The normalized spacial score (nSPS) is 26.5. The molecule has 2 rings (SSSR count). The molecule has 15 heavy (non-hydrogen) atoms. The van der Waals surface area contributed by atoms with Crippen LogP contribution in [0.3, 0.4) is 0 Å². The van der Waals surface area contributed by atoms with Gasteiger partial charge < -0.3 is 5.73 Å². The maximum absolute atomic E-state index is 5.81. The van der Waals surface area contributed by atoms with Crippen LogP contribution in [0.1, 0.15) is 25.7 Å². The minimum atomic E-state index is 0.679. The fourth-order valence-electron chi connectivity index (χ4n) is 2.17. The summed E-state index contributed by atoms with van der Waals surface area (Å²) in [5.41, 5.74) is 5.81. The van der Waals surface area contributed by atoms with Gasteiger partial charge in [0.05, 0.1) is 5.03 Å². The van der Waals surface area contributed by atoms with E-state index in [0.717, 1.165) is 11.6 Å². The topological polar surface area (TPSA) is 38.9 Å². The van der Waals surface area contributed by atoms with Crippen LogP contribution in [-0.2, 0) is 0 Å². The molecule has 0 amide bonds. The first kappa shape index (κ1) is 11.0. The summed E-state index contributed by atoms with van der Waals surface area (Å²) in [7, 11) is 0. The summed E-state index contributed by atoms with van der Waals surface area (Å²) in [6, 6.07) is 6.10. The van der Waals surface area contributed by atoms with Crippen LogP contribution in [0.25, 0.3) is 0 Å². The summed E-state index contributed by atoms with van der Waals surface area (Å²) >= 11 is 1.91. The zero-order chi connectivity index (χ0) is 10.5. The average Bonchev–Trinajstić information content (AvgIpc) is 2.31. The summed E-state index contributed by atoms with van der Waals surface area (Å²) in [4.78, 5) is 4.36. The zero-order valence-corrected chi connectivity index (χ0v) is 9.75. The molecule has 2 unspecified atom stereocenters. The van der Waals surface area contributed by atoms with Gasteiger partial charge in [-0.3, -0.25) is 0 Å².